The Morgan fingerprint density at radius 3 is 1.56 bits per heavy atom. The van der Waals surface area contributed by atoms with Gasteiger partial charge in [0.2, 0.25) is 5.95 Å². The molecule has 12 rings (SSSR count). The van der Waals surface area contributed by atoms with Crippen molar-refractivity contribution in [1.82, 2.24) is 24.1 Å². The molecule has 0 saturated carbocycles. The molecule has 3 heterocycles. The van der Waals surface area contributed by atoms with E-state index in [-0.39, 0.29) is 5.41 Å². The van der Waals surface area contributed by atoms with Gasteiger partial charge in [-0.1, -0.05) is 147 Å². The Bertz CT molecular complexity index is 3390. The fourth-order valence-electron chi connectivity index (χ4n) is 9.51. The highest BCUT2D eigenvalue weighted by Crippen LogP contribution is 2.51. The van der Waals surface area contributed by atoms with Crippen molar-refractivity contribution < 1.29 is 0 Å². The van der Waals surface area contributed by atoms with Crippen LogP contribution in [-0.2, 0) is 5.41 Å². The molecule has 0 N–H and O–H groups in total. The van der Waals surface area contributed by atoms with Crippen LogP contribution in [0.15, 0.2) is 188 Å². The normalized spacial score (nSPS) is 13.1. The van der Waals surface area contributed by atoms with Gasteiger partial charge in [0.1, 0.15) is 0 Å². The van der Waals surface area contributed by atoms with Crippen LogP contribution in [-0.4, -0.2) is 24.1 Å². The Morgan fingerprint density at radius 1 is 0.356 bits per heavy atom. The van der Waals surface area contributed by atoms with E-state index in [9.17, 15) is 0 Å². The quantitative estimate of drug-likeness (QED) is 0.176. The summed E-state index contributed by atoms with van der Waals surface area (Å²) < 4.78 is 4.62. The molecule has 0 saturated heterocycles. The number of fused-ring (bicyclic) bond motifs is 9. The summed E-state index contributed by atoms with van der Waals surface area (Å²) in [5.74, 6) is 1.86. The second kappa shape index (κ2) is 12.7. The summed E-state index contributed by atoms with van der Waals surface area (Å²) in [6.07, 6.45) is 0. The molecule has 0 spiro atoms. The van der Waals surface area contributed by atoms with Crippen LogP contribution in [0.5, 0.6) is 0 Å². The molecule has 59 heavy (non-hydrogen) atoms. The number of hydrogen-bond acceptors (Lipinski definition) is 3. The van der Waals surface area contributed by atoms with Gasteiger partial charge in [0, 0.05) is 43.8 Å². The van der Waals surface area contributed by atoms with Crippen LogP contribution in [0.1, 0.15) is 25.0 Å². The van der Waals surface area contributed by atoms with E-state index >= 15 is 0 Å². The third kappa shape index (κ3) is 5.08. The largest absolute Gasteiger partial charge is 0.309 e. The third-order valence-electron chi connectivity index (χ3n) is 12.4. The van der Waals surface area contributed by atoms with Gasteiger partial charge in [-0.25, -0.2) is 4.98 Å². The van der Waals surface area contributed by atoms with Gasteiger partial charge in [-0.2, -0.15) is 9.97 Å². The van der Waals surface area contributed by atoms with Crippen molar-refractivity contribution in [3.63, 3.8) is 0 Å². The fraction of sp³-hybridized carbons (Fsp3) is 0.0556. The predicted octanol–water partition coefficient (Wildman–Crippen LogP) is 13.4. The van der Waals surface area contributed by atoms with E-state index < -0.39 is 0 Å². The van der Waals surface area contributed by atoms with Gasteiger partial charge < -0.3 is 4.57 Å². The second-order valence-corrected chi connectivity index (χ2v) is 16.1. The Morgan fingerprint density at radius 2 is 0.881 bits per heavy atom. The van der Waals surface area contributed by atoms with Gasteiger partial charge in [0.25, 0.3) is 0 Å². The maximum absolute atomic E-state index is 5.25. The average molecular weight is 756 g/mol. The highest BCUT2D eigenvalue weighted by molar-refractivity contribution is 6.14. The summed E-state index contributed by atoms with van der Waals surface area (Å²) in [4.78, 5) is 15.5. The van der Waals surface area contributed by atoms with Crippen LogP contribution < -0.4 is 0 Å². The van der Waals surface area contributed by atoms with Gasteiger partial charge in [0.15, 0.2) is 11.6 Å². The summed E-state index contributed by atoms with van der Waals surface area (Å²) in [5.41, 5.74) is 14.9. The molecule has 0 atom stereocenters. The number of para-hydroxylation sites is 2. The minimum absolute atomic E-state index is 0.154. The maximum atomic E-state index is 5.25. The Kier molecular flexibility index (Phi) is 7.20. The molecule has 0 unspecified atom stereocenters. The summed E-state index contributed by atoms with van der Waals surface area (Å²) in [6.45, 7) is 4.69. The zero-order chi connectivity index (χ0) is 39.2. The van der Waals surface area contributed by atoms with Crippen LogP contribution >= 0.6 is 0 Å². The van der Waals surface area contributed by atoms with Gasteiger partial charge in [-0.05, 0) is 88.0 Å². The van der Waals surface area contributed by atoms with Gasteiger partial charge in [0.05, 0.1) is 22.1 Å². The van der Waals surface area contributed by atoms with Crippen molar-refractivity contribution in [3.05, 3.63) is 199 Å². The number of nitrogens with zero attached hydrogens (tertiary/aromatic N) is 5. The Labute approximate surface area is 341 Å². The van der Waals surface area contributed by atoms with Crippen molar-refractivity contribution in [2.75, 3.05) is 0 Å². The molecule has 5 heteroatoms. The Hall–Kier alpha value is -7.63. The first-order chi connectivity index (χ1) is 29.0. The zero-order valence-electron chi connectivity index (χ0n) is 32.6. The first-order valence-electron chi connectivity index (χ1n) is 20.2. The zero-order valence-corrected chi connectivity index (χ0v) is 32.6. The van der Waals surface area contributed by atoms with Crippen LogP contribution in [0, 0.1) is 0 Å². The molecule has 11 aromatic rings. The van der Waals surface area contributed by atoms with Crippen molar-refractivity contribution >= 4 is 43.6 Å². The van der Waals surface area contributed by atoms with Crippen molar-refractivity contribution in [2.45, 2.75) is 19.3 Å². The molecule has 0 amide bonds. The predicted molar refractivity (Wildman–Crippen MR) is 242 cm³/mol. The van der Waals surface area contributed by atoms with E-state index in [0.717, 1.165) is 38.8 Å². The molecule has 0 bridgehead atoms. The lowest BCUT2D eigenvalue weighted by atomic mass is 9.82. The van der Waals surface area contributed by atoms with E-state index in [1.807, 2.05) is 36.4 Å². The monoisotopic (exact) mass is 755 g/mol. The number of aromatic nitrogens is 5. The van der Waals surface area contributed by atoms with E-state index in [1.54, 1.807) is 0 Å². The maximum Gasteiger partial charge on any atom is 0.238 e. The molecule has 278 valence electrons. The SMILES string of the molecule is CC1(C)c2ccccc2-c2cc3c(cc21)c1cc(-c2ccc4c(c2)c2ccccc2n4-c2ccccc2)ccc1n3-c1nc(-c2ccccc2)nc(-c2ccccc2)n1. The summed E-state index contributed by atoms with van der Waals surface area (Å²) in [7, 11) is 0. The van der Waals surface area contributed by atoms with Gasteiger partial charge in [-0.3, -0.25) is 4.57 Å². The molecule has 0 radical (unpaired) electrons. The number of benzene rings is 8. The minimum Gasteiger partial charge on any atom is -0.309 e. The molecular formula is C54H37N5. The molecule has 0 fully saturated rings. The second-order valence-electron chi connectivity index (χ2n) is 16.1. The highest BCUT2D eigenvalue weighted by Gasteiger charge is 2.36. The first kappa shape index (κ1) is 33.5. The molecular weight excluding hydrogens is 719 g/mol. The smallest absolute Gasteiger partial charge is 0.238 e. The topological polar surface area (TPSA) is 48.5 Å². The standard InChI is InChI=1S/C54H37N5/c1-54(2)45-24-14-12-22-39(45)41-33-50-44(32-46(41)54)43-31-37(36-26-28-48-42(30-36)40-23-13-15-25-47(40)58(48)38-20-10-5-11-21-38)27-29-49(43)59(50)53-56-51(34-16-6-3-7-17-34)55-52(57-53)35-18-8-4-9-19-35/h3-33H,1-2H3. The van der Waals surface area contributed by atoms with E-state index in [1.165, 1.54) is 55.0 Å². The molecule has 0 aliphatic heterocycles. The lowest BCUT2D eigenvalue weighted by Gasteiger charge is -2.21. The highest BCUT2D eigenvalue weighted by atomic mass is 15.2. The van der Waals surface area contributed by atoms with Crippen LogP contribution in [0.2, 0.25) is 0 Å². The molecule has 5 nitrogen and oxygen atoms in total. The summed E-state index contributed by atoms with van der Waals surface area (Å²) in [5, 5.41) is 4.79. The number of rotatable bonds is 5. The van der Waals surface area contributed by atoms with Crippen molar-refractivity contribution in [2.24, 2.45) is 0 Å². The van der Waals surface area contributed by atoms with Gasteiger partial charge >= 0.3 is 0 Å². The van der Waals surface area contributed by atoms with Crippen molar-refractivity contribution in [3.8, 4) is 56.7 Å². The summed E-state index contributed by atoms with van der Waals surface area (Å²) >= 11 is 0. The molecule has 3 aromatic heterocycles. The molecule has 8 aromatic carbocycles. The minimum atomic E-state index is -0.154. The van der Waals surface area contributed by atoms with Crippen molar-refractivity contribution in [1.29, 1.82) is 0 Å². The van der Waals surface area contributed by atoms with E-state index in [0.29, 0.717) is 17.6 Å². The van der Waals surface area contributed by atoms with E-state index in [4.69, 9.17) is 15.0 Å². The fourth-order valence-corrected chi connectivity index (χ4v) is 9.51. The van der Waals surface area contributed by atoms with E-state index in [2.05, 4.69) is 175 Å². The van der Waals surface area contributed by atoms with Crippen LogP contribution in [0.25, 0.3) is 100 Å². The Balaban J connectivity index is 1.12. The molecule has 1 aliphatic rings. The summed E-state index contributed by atoms with van der Waals surface area (Å²) in [6, 6.07) is 67.2. The number of hydrogen-bond donors (Lipinski definition) is 0. The first-order valence-corrected chi connectivity index (χ1v) is 20.2. The van der Waals surface area contributed by atoms with Gasteiger partial charge in [-0.15, -0.1) is 0 Å². The lowest BCUT2D eigenvalue weighted by molar-refractivity contribution is 0.661. The van der Waals surface area contributed by atoms with Crippen LogP contribution in [0.3, 0.4) is 0 Å². The lowest BCUT2D eigenvalue weighted by Crippen LogP contribution is -2.14. The average Bonchev–Trinajstić information content (AvgIpc) is 3.88. The third-order valence-corrected chi connectivity index (χ3v) is 12.4. The van der Waals surface area contributed by atoms with Crippen LogP contribution in [0.4, 0.5) is 0 Å². The molecule has 1 aliphatic carbocycles.